The lowest BCUT2D eigenvalue weighted by atomic mass is 10.0. The number of hydrogen-bond donors (Lipinski definition) is 1. The third kappa shape index (κ3) is 3.80. The van der Waals surface area contributed by atoms with E-state index >= 15 is 0 Å². The van der Waals surface area contributed by atoms with Gasteiger partial charge in [-0.15, -0.1) is 11.3 Å². The number of nitrogens with zero attached hydrogens (tertiary/aromatic N) is 1. The minimum Gasteiger partial charge on any atom is -0.389 e. The molecule has 102 valence electrons. The van der Waals surface area contributed by atoms with Gasteiger partial charge in [0.2, 0.25) is 0 Å². The zero-order valence-electron chi connectivity index (χ0n) is 11.3. The Bertz CT molecular complexity index is 389. The minimum absolute atomic E-state index is 0.0381. The van der Waals surface area contributed by atoms with Gasteiger partial charge < -0.3 is 14.7 Å². The van der Waals surface area contributed by atoms with Crippen molar-refractivity contribution in [1.29, 1.82) is 0 Å². The topological polar surface area (TPSA) is 49.8 Å². The molecule has 5 heteroatoms. The highest BCUT2D eigenvalue weighted by molar-refractivity contribution is 7.12. The van der Waals surface area contributed by atoms with Gasteiger partial charge in [0.05, 0.1) is 17.6 Å². The van der Waals surface area contributed by atoms with Gasteiger partial charge in [-0.2, -0.15) is 0 Å². The van der Waals surface area contributed by atoms with E-state index in [0.29, 0.717) is 5.92 Å². The molecule has 0 aliphatic carbocycles. The molecule has 1 unspecified atom stereocenters. The van der Waals surface area contributed by atoms with E-state index in [0.717, 1.165) is 10.4 Å². The van der Waals surface area contributed by atoms with Crippen LogP contribution in [0.5, 0.6) is 0 Å². The molecular formula is C13H21NO3S. The number of hydrogen-bond acceptors (Lipinski definition) is 4. The summed E-state index contributed by atoms with van der Waals surface area (Å²) in [7, 11) is 3.23. The molecule has 0 aromatic carbocycles. The van der Waals surface area contributed by atoms with Crippen molar-refractivity contribution in [2.24, 2.45) is 0 Å². The number of aliphatic hydroxyl groups is 1. The summed E-state index contributed by atoms with van der Waals surface area (Å²) < 4.78 is 4.85. The van der Waals surface area contributed by atoms with Gasteiger partial charge in [-0.05, 0) is 22.9 Å². The summed E-state index contributed by atoms with van der Waals surface area (Å²) in [6.45, 7) is 4.65. The van der Waals surface area contributed by atoms with Crippen molar-refractivity contribution in [3.63, 3.8) is 0 Å². The zero-order valence-corrected chi connectivity index (χ0v) is 12.2. The van der Waals surface area contributed by atoms with Gasteiger partial charge in [-0.25, -0.2) is 0 Å². The maximum absolute atomic E-state index is 12.3. The smallest absolute Gasteiger partial charge is 0.264 e. The van der Waals surface area contributed by atoms with Gasteiger partial charge in [-0.1, -0.05) is 13.8 Å². The van der Waals surface area contributed by atoms with E-state index in [1.165, 1.54) is 18.4 Å². The summed E-state index contributed by atoms with van der Waals surface area (Å²) in [6.07, 6.45) is -0.647. The van der Waals surface area contributed by atoms with E-state index in [1.807, 2.05) is 11.4 Å². The van der Waals surface area contributed by atoms with Gasteiger partial charge in [0, 0.05) is 20.7 Å². The Kier molecular flexibility index (Phi) is 5.78. The fourth-order valence-corrected chi connectivity index (χ4v) is 2.81. The number of carbonyl (C=O) groups excluding carboxylic acids is 1. The fourth-order valence-electron chi connectivity index (χ4n) is 1.77. The molecule has 4 nitrogen and oxygen atoms in total. The first kappa shape index (κ1) is 15.1. The van der Waals surface area contributed by atoms with Crippen LogP contribution in [0.1, 0.15) is 35.0 Å². The van der Waals surface area contributed by atoms with Crippen LogP contribution in [0.4, 0.5) is 0 Å². The van der Waals surface area contributed by atoms with Crippen LogP contribution in [-0.4, -0.2) is 49.3 Å². The van der Waals surface area contributed by atoms with Crippen LogP contribution in [0.3, 0.4) is 0 Å². The number of aliphatic hydroxyl groups excluding tert-OH is 1. The second-order valence-corrected chi connectivity index (χ2v) is 5.57. The lowest BCUT2D eigenvalue weighted by molar-refractivity contribution is 0.0381. The van der Waals surface area contributed by atoms with E-state index in [-0.39, 0.29) is 19.1 Å². The fraction of sp³-hybridized carbons (Fsp3) is 0.615. The normalized spacial score (nSPS) is 12.8. The molecule has 1 amide bonds. The molecule has 1 atom stereocenters. The van der Waals surface area contributed by atoms with Crippen molar-refractivity contribution in [1.82, 2.24) is 4.90 Å². The van der Waals surface area contributed by atoms with Gasteiger partial charge in [0.15, 0.2) is 0 Å². The average Bonchev–Trinajstić information content (AvgIpc) is 2.76. The Morgan fingerprint density at radius 3 is 2.78 bits per heavy atom. The lowest BCUT2D eigenvalue weighted by Gasteiger charge is -2.21. The summed E-state index contributed by atoms with van der Waals surface area (Å²) in [4.78, 5) is 14.6. The van der Waals surface area contributed by atoms with Gasteiger partial charge in [0.25, 0.3) is 5.91 Å². The average molecular weight is 271 g/mol. The van der Waals surface area contributed by atoms with Gasteiger partial charge in [0.1, 0.15) is 0 Å². The highest BCUT2D eigenvalue weighted by Gasteiger charge is 2.20. The second kappa shape index (κ2) is 6.87. The summed E-state index contributed by atoms with van der Waals surface area (Å²) in [5, 5.41) is 11.6. The molecule has 0 bridgehead atoms. The minimum atomic E-state index is -0.647. The van der Waals surface area contributed by atoms with Crippen LogP contribution >= 0.6 is 11.3 Å². The van der Waals surface area contributed by atoms with Crippen LogP contribution in [0, 0.1) is 0 Å². The predicted octanol–water partition coefficient (Wildman–Crippen LogP) is 1.95. The summed E-state index contributed by atoms with van der Waals surface area (Å²) in [5.41, 5.74) is 1.07. The molecular weight excluding hydrogens is 250 g/mol. The van der Waals surface area contributed by atoms with Gasteiger partial charge in [-0.3, -0.25) is 4.79 Å². The molecule has 0 aliphatic heterocycles. The number of thiophene rings is 1. The first-order chi connectivity index (χ1) is 8.47. The maximum atomic E-state index is 12.3. The molecule has 1 aromatic rings. The van der Waals surface area contributed by atoms with E-state index in [1.54, 1.807) is 11.9 Å². The quantitative estimate of drug-likeness (QED) is 0.860. The van der Waals surface area contributed by atoms with Crippen LogP contribution in [0.25, 0.3) is 0 Å². The first-order valence-corrected chi connectivity index (χ1v) is 6.85. The molecule has 1 aromatic heterocycles. The largest absolute Gasteiger partial charge is 0.389 e. The molecule has 1 rings (SSSR count). The van der Waals surface area contributed by atoms with Gasteiger partial charge >= 0.3 is 0 Å². The third-order valence-corrected chi connectivity index (χ3v) is 3.62. The van der Waals surface area contributed by atoms with Crippen LogP contribution in [-0.2, 0) is 4.74 Å². The van der Waals surface area contributed by atoms with Crippen molar-refractivity contribution in [3.05, 3.63) is 21.9 Å². The first-order valence-electron chi connectivity index (χ1n) is 5.97. The maximum Gasteiger partial charge on any atom is 0.264 e. The molecule has 1 N–H and O–H groups in total. The zero-order chi connectivity index (χ0) is 13.7. The van der Waals surface area contributed by atoms with Crippen LogP contribution < -0.4 is 0 Å². The molecule has 0 spiro atoms. The predicted molar refractivity (Wildman–Crippen MR) is 73.3 cm³/mol. The van der Waals surface area contributed by atoms with Crippen molar-refractivity contribution in [3.8, 4) is 0 Å². The van der Waals surface area contributed by atoms with E-state index < -0.39 is 6.10 Å². The molecule has 0 saturated carbocycles. The molecule has 18 heavy (non-hydrogen) atoms. The molecule has 0 saturated heterocycles. The second-order valence-electron chi connectivity index (χ2n) is 4.65. The van der Waals surface area contributed by atoms with Crippen molar-refractivity contribution in [2.75, 3.05) is 27.3 Å². The van der Waals surface area contributed by atoms with Crippen molar-refractivity contribution in [2.45, 2.75) is 25.9 Å². The number of rotatable bonds is 6. The van der Waals surface area contributed by atoms with E-state index in [2.05, 4.69) is 13.8 Å². The Morgan fingerprint density at radius 2 is 2.22 bits per heavy atom. The number of ether oxygens (including phenoxy) is 1. The molecule has 0 radical (unpaired) electrons. The van der Waals surface area contributed by atoms with Crippen molar-refractivity contribution < 1.29 is 14.6 Å². The SMILES string of the molecule is COCC(O)CN(C)C(=O)c1sccc1C(C)C. The van der Waals surface area contributed by atoms with E-state index in [9.17, 15) is 9.90 Å². The number of methoxy groups -OCH3 is 1. The molecule has 0 aliphatic rings. The van der Waals surface area contributed by atoms with Crippen LogP contribution in [0.2, 0.25) is 0 Å². The Hall–Kier alpha value is -0.910. The summed E-state index contributed by atoms with van der Waals surface area (Å²) in [5.74, 6) is 0.288. The summed E-state index contributed by atoms with van der Waals surface area (Å²) in [6, 6.07) is 1.99. The number of carbonyl (C=O) groups is 1. The Morgan fingerprint density at radius 1 is 1.56 bits per heavy atom. The highest BCUT2D eigenvalue weighted by atomic mass is 32.1. The number of amides is 1. The monoisotopic (exact) mass is 271 g/mol. The standard InChI is InChI=1S/C13H21NO3S/c1-9(2)11-5-6-18-12(11)13(16)14(3)7-10(15)8-17-4/h5-6,9-10,15H,7-8H2,1-4H3. The number of likely N-dealkylation sites (N-methyl/N-ethyl adjacent to an activating group) is 1. The van der Waals surface area contributed by atoms with Crippen molar-refractivity contribution >= 4 is 17.2 Å². The Labute approximate surface area is 112 Å². The Balaban J connectivity index is 2.71. The molecule has 0 fully saturated rings. The lowest BCUT2D eigenvalue weighted by Crippen LogP contribution is -2.36. The highest BCUT2D eigenvalue weighted by Crippen LogP contribution is 2.25. The van der Waals surface area contributed by atoms with E-state index in [4.69, 9.17) is 4.74 Å². The third-order valence-electron chi connectivity index (χ3n) is 2.70. The van der Waals surface area contributed by atoms with Crippen LogP contribution in [0.15, 0.2) is 11.4 Å². The molecule has 1 heterocycles. The summed E-state index contributed by atoms with van der Waals surface area (Å²) >= 11 is 1.45.